The molecule has 27 heavy (non-hydrogen) atoms. The summed E-state index contributed by atoms with van der Waals surface area (Å²) in [5, 5.41) is 8.51. The number of Topliss-reactive ketones (excluding diaryl/α,β-unsaturated/α-hetero) is 1. The van der Waals surface area contributed by atoms with Gasteiger partial charge in [-0.2, -0.15) is 0 Å². The molecule has 5 nitrogen and oxygen atoms in total. The Morgan fingerprint density at radius 1 is 1.07 bits per heavy atom. The van der Waals surface area contributed by atoms with Crippen LogP contribution in [0.5, 0.6) is 5.75 Å². The van der Waals surface area contributed by atoms with Gasteiger partial charge in [-0.25, -0.2) is 0 Å². The average Bonchev–Trinajstić information content (AvgIpc) is 3.12. The standard InChI is InChI=1S/C21H22N2O3S/c1-5-25-19-9-7-6-8-16(19)20-22-23-21(26-20)27-12-18(24)17-11-14(3)13(2)10-15(17)4/h6-11H,5,12H2,1-4H3. The van der Waals surface area contributed by atoms with E-state index in [0.717, 1.165) is 22.3 Å². The molecule has 0 saturated heterocycles. The quantitative estimate of drug-likeness (QED) is 0.421. The van der Waals surface area contributed by atoms with E-state index in [0.29, 0.717) is 23.5 Å². The average molecular weight is 382 g/mol. The van der Waals surface area contributed by atoms with Crippen molar-refractivity contribution in [2.75, 3.05) is 12.4 Å². The molecule has 0 aliphatic carbocycles. The normalized spacial score (nSPS) is 10.8. The maximum Gasteiger partial charge on any atom is 0.277 e. The van der Waals surface area contributed by atoms with Crippen LogP contribution in [0.2, 0.25) is 0 Å². The second-order valence-electron chi connectivity index (χ2n) is 6.27. The number of benzene rings is 2. The van der Waals surface area contributed by atoms with Crippen LogP contribution in [0.4, 0.5) is 0 Å². The van der Waals surface area contributed by atoms with Gasteiger partial charge in [0.2, 0.25) is 0 Å². The summed E-state index contributed by atoms with van der Waals surface area (Å²) < 4.78 is 11.3. The number of aryl methyl sites for hydroxylation is 3. The minimum absolute atomic E-state index is 0.0510. The summed E-state index contributed by atoms with van der Waals surface area (Å²) >= 11 is 1.25. The maximum absolute atomic E-state index is 12.6. The topological polar surface area (TPSA) is 65.2 Å². The van der Waals surface area contributed by atoms with Crippen LogP contribution in [-0.2, 0) is 0 Å². The molecule has 0 aliphatic heterocycles. The molecular formula is C21H22N2O3S. The van der Waals surface area contributed by atoms with Gasteiger partial charge in [-0.3, -0.25) is 4.79 Å². The highest BCUT2D eigenvalue weighted by atomic mass is 32.2. The van der Waals surface area contributed by atoms with E-state index in [2.05, 4.69) is 10.2 Å². The van der Waals surface area contributed by atoms with E-state index in [4.69, 9.17) is 9.15 Å². The molecule has 0 bridgehead atoms. The predicted molar refractivity (Wildman–Crippen MR) is 107 cm³/mol. The molecule has 0 N–H and O–H groups in total. The lowest BCUT2D eigenvalue weighted by atomic mass is 9.99. The minimum atomic E-state index is 0.0510. The Bertz CT molecular complexity index is 966. The number of carbonyl (C=O) groups is 1. The van der Waals surface area contributed by atoms with Crippen LogP contribution in [0.15, 0.2) is 46.0 Å². The van der Waals surface area contributed by atoms with E-state index in [1.807, 2.05) is 64.1 Å². The third kappa shape index (κ3) is 4.39. The Balaban J connectivity index is 1.72. The molecule has 0 radical (unpaired) electrons. The number of nitrogens with zero attached hydrogens (tertiary/aromatic N) is 2. The molecule has 0 fully saturated rings. The fourth-order valence-corrected chi connectivity index (χ4v) is 3.41. The predicted octanol–water partition coefficient (Wildman–Crippen LogP) is 5.04. The van der Waals surface area contributed by atoms with Gasteiger partial charge in [0, 0.05) is 5.56 Å². The lowest BCUT2D eigenvalue weighted by Crippen LogP contribution is -2.06. The van der Waals surface area contributed by atoms with Crippen molar-refractivity contribution < 1.29 is 13.9 Å². The lowest BCUT2D eigenvalue weighted by molar-refractivity contribution is 0.102. The molecule has 1 aromatic heterocycles. The molecule has 3 rings (SSSR count). The van der Waals surface area contributed by atoms with E-state index in [1.165, 1.54) is 17.3 Å². The highest BCUT2D eigenvalue weighted by Crippen LogP contribution is 2.31. The number of rotatable bonds is 7. The van der Waals surface area contributed by atoms with Crippen LogP contribution < -0.4 is 4.74 Å². The van der Waals surface area contributed by atoms with Crippen molar-refractivity contribution in [2.45, 2.75) is 32.9 Å². The van der Waals surface area contributed by atoms with Crippen LogP contribution in [-0.4, -0.2) is 28.3 Å². The fraction of sp³-hybridized carbons (Fsp3) is 0.286. The van der Waals surface area contributed by atoms with Crippen molar-refractivity contribution in [2.24, 2.45) is 0 Å². The summed E-state index contributed by atoms with van der Waals surface area (Å²) in [6.07, 6.45) is 0. The van der Waals surface area contributed by atoms with Crippen LogP contribution in [0.25, 0.3) is 11.5 Å². The summed E-state index contributed by atoms with van der Waals surface area (Å²) in [5.41, 5.74) is 4.77. The number of para-hydroxylation sites is 1. The van der Waals surface area contributed by atoms with E-state index < -0.39 is 0 Å². The SMILES string of the molecule is CCOc1ccccc1-c1nnc(SCC(=O)c2cc(C)c(C)cc2C)o1. The van der Waals surface area contributed by atoms with Gasteiger partial charge in [-0.1, -0.05) is 30.0 Å². The third-order valence-electron chi connectivity index (χ3n) is 4.29. The largest absolute Gasteiger partial charge is 0.493 e. The van der Waals surface area contributed by atoms with Crippen LogP contribution in [0, 0.1) is 20.8 Å². The summed E-state index contributed by atoms with van der Waals surface area (Å²) in [5.74, 6) is 1.38. The van der Waals surface area contributed by atoms with Gasteiger partial charge in [0.1, 0.15) is 5.75 Å². The van der Waals surface area contributed by atoms with E-state index in [9.17, 15) is 4.79 Å². The summed E-state index contributed by atoms with van der Waals surface area (Å²) in [6.45, 7) is 8.49. The van der Waals surface area contributed by atoms with Gasteiger partial charge in [0.15, 0.2) is 5.78 Å². The van der Waals surface area contributed by atoms with Gasteiger partial charge >= 0.3 is 0 Å². The molecule has 3 aromatic rings. The second kappa shape index (κ2) is 8.39. The number of carbonyl (C=O) groups excluding carboxylic acids is 1. The Morgan fingerprint density at radius 3 is 2.59 bits per heavy atom. The first-order chi connectivity index (χ1) is 13.0. The zero-order chi connectivity index (χ0) is 19.4. The first-order valence-corrected chi connectivity index (χ1v) is 9.77. The zero-order valence-electron chi connectivity index (χ0n) is 15.9. The molecule has 0 spiro atoms. The number of ether oxygens (including phenoxy) is 1. The summed E-state index contributed by atoms with van der Waals surface area (Å²) in [4.78, 5) is 12.6. The van der Waals surface area contributed by atoms with Crippen molar-refractivity contribution in [1.29, 1.82) is 0 Å². The number of thioether (sulfide) groups is 1. The molecule has 0 amide bonds. The Labute approximate surface area is 163 Å². The first-order valence-electron chi connectivity index (χ1n) is 8.79. The summed E-state index contributed by atoms with van der Waals surface area (Å²) in [6, 6.07) is 11.5. The van der Waals surface area contributed by atoms with Crippen LogP contribution >= 0.6 is 11.8 Å². The summed E-state index contributed by atoms with van der Waals surface area (Å²) in [7, 11) is 0. The van der Waals surface area contributed by atoms with Gasteiger partial charge < -0.3 is 9.15 Å². The lowest BCUT2D eigenvalue weighted by Gasteiger charge is -2.08. The molecular weight excluding hydrogens is 360 g/mol. The first kappa shape index (κ1) is 19.2. The van der Waals surface area contributed by atoms with Crippen molar-refractivity contribution in [1.82, 2.24) is 10.2 Å². The van der Waals surface area contributed by atoms with Crippen molar-refractivity contribution >= 4 is 17.5 Å². The highest BCUT2D eigenvalue weighted by molar-refractivity contribution is 7.99. The molecule has 140 valence electrons. The molecule has 0 unspecified atom stereocenters. The van der Waals surface area contributed by atoms with Crippen molar-refractivity contribution in [3.8, 4) is 17.2 Å². The number of hydrogen-bond donors (Lipinski definition) is 0. The van der Waals surface area contributed by atoms with Gasteiger partial charge in [-0.05, 0) is 62.6 Å². The molecule has 0 aliphatic rings. The molecule has 2 aromatic carbocycles. The van der Waals surface area contributed by atoms with E-state index in [-0.39, 0.29) is 11.5 Å². The Morgan fingerprint density at radius 2 is 1.81 bits per heavy atom. The van der Waals surface area contributed by atoms with E-state index >= 15 is 0 Å². The maximum atomic E-state index is 12.6. The zero-order valence-corrected chi connectivity index (χ0v) is 16.7. The molecule has 6 heteroatoms. The number of hydrogen-bond acceptors (Lipinski definition) is 6. The van der Waals surface area contributed by atoms with Gasteiger partial charge in [0.25, 0.3) is 11.1 Å². The van der Waals surface area contributed by atoms with Gasteiger partial charge in [0.05, 0.1) is 17.9 Å². The van der Waals surface area contributed by atoms with Crippen LogP contribution in [0.3, 0.4) is 0 Å². The molecule has 0 saturated carbocycles. The Hall–Kier alpha value is -2.60. The number of ketones is 1. The second-order valence-corrected chi connectivity index (χ2v) is 7.19. The highest BCUT2D eigenvalue weighted by Gasteiger charge is 2.16. The monoisotopic (exact) mass is 382 g/mol. The third-order valence-corrected chi connectivity index (χ3v) is 5.11. The smallest absolute Gasteiger partial charge is 0.277 e. The van der Waals surface area contributed by atoms with E-state index in [1.54, 1.807) is 0 Å². The Kier molecular flexibility index (Phi) is 5.96. The minimum Gasteiger partial charge on any atom is -0.493 e. The van der Waals surface area contributed by atoms with Crippen molar-refractivity contribution in [3.05, 3.63) is 58.7 Å². The van der Waals surface area contributed by atoms with Gasteiger partial charge in [-0.15, -0.1) is 10.2 Å². The molecule has 1 heterocycles. The van der Waals surface area contributed by atoms with Crippen molar-refractivity contribution in [3.63, 3.8) is 0 Å². The molecule has 0 atom stereocenters. The van der Waals surface area contributed by atoms with Crippen LogP contribution in [0.1, 0.15) is 34.0 Å². The number of aromatic nitrogens is 2. The fourth-order valence-electron chi connectivity index (χ4n) is 2.77.